The van der Waals surface area contributed by atoms with Crippen LogP contribution in [0.3, 0.4) is 0 Å². The summed E-state index contributed by atoms with van der Waals surface area (Å²) in [4.78, 5) is 40.2. The van der Waals surface area contributed by atoms with Gasteiger partial charge in [-0.05, 0) is 41.8 Å². The maximum absolute atomic E-state index is 13.7. The lowest BCUT2D eigenvalue weighted by Crippen LogP contribution is -2.37. The normalized spacial score (nSPS) is 15.0. The van der Waals surface area contributed by atoms with Crippen LogP contribution in [0, 0.1) is 5.41 Å². The van der Waals surface area contributed by atoms with E-state index < -0.39 is 12.1 Å². The van der Waals surface area contributed by atoms with E-state index in [1.807, 2.05) is 24.3 Å². The number of halogens is 1. The fraction of sp³-hybridized carbons (Fsp3) is 0.286. The predicted molar refractivity (Wildman–Crippen MR) is 149 cm³/mol. The summed E-state index contributed by atoms with van der Waals surface area (Å²) >= 11 is 0. The van der Waals surface area contributed by atoms with Gasteiger partial charge in [0.25, 0.3) is 5.91 Å². The van der Waals surface area contributed by atoms with Gasteiger partial charge < -0.3 is 24.4 Å². The van der Waals surface area contributed by atoms with Crippen LogP contribution in [0.1, 0.15) is 23.1 Å². The van der Waals surface area contributed by atoms with Gasteiger partial charge in [-0.2, -0.15) is 0 Å². The molecule has 2 aliphatic heterocycles. The maximum atomic E-state index is 13.7. The van der Waals surface area contributed by atoms with E-state index in [-0.39, 0.29) is 37.2 Å². The molecular formula is C28H31ClN4O6. The highest BCUT2D eigenvalue weighted by Gasteiger charge is 2.35. The summed E-state index contributed by atoms with van der Waals surface area (Å²) in [6, 6.07) is 14.3. The van der Waals surface area contributed by atoms with E-state index >= 15 is 0 Å². The van der Waals surface area contributed by atoms with Gasteiger partial charge in [-0.15, -0.1) is 12.4 Å². The van der Waals surface area contributed by atoms with Crippen molar-refractivity contribution in [3.8, 4) is 0 Å². The summed E-state index contributed by atoms with van der Waals surface area (Å²) in [6.45, 7) is 6.43. The summed E-state index contributed by atoms with van der Waals surface area (Å²) in [7, 11) is 0. The fourth-order valence-corrected chi connectivity index (χ4v) is 4.39. The highest BCUT2D eigenvalue weighted by Crippen LogP contribution is 2.34. The Labute approximate surface area is 232 Å². The SMILES string of the molecule is C=CCOC(=O)NC(=N)c1ccc(N2CC(N3CCOCC3)=C(c3ccc(CCC(=O)O)cc3)C2=O)cc1.Cl. The van der Waals surface area contributed by atoms with Crippen molar-refractivity contribution < 1.29 is 29.0 Å². The van der Waals surface area contributed by atoms with Crippen molar-refractivity contribution >= 4 is 47.5 Å². The zero-order chi connectivity index (χ0) is 27.1. The van der Waals surface area contributed by atoms with Crippen molar-refractivity contribution in [1.29, 1.82) is 5.41 Å². The molecule has 0 aromatic heterocycles. The number of amidine groups is 1. The first-order valence-electron chi connectivity index (χ1n) is 12.3. The Morgan fingerprint density at radius 2 is 1.77 bits per heavy atom. The molecule has 2 aromatic carbocycles. The summed E-state index contributed by atoms with van der Waals surface area (Å²) < 4.78 is 10.4. The molecule has 10 nitrogen and oxygen atoms in total. The third-order valence-electron chi connectivity index (χ3n) is 6.35. The van der Waals surface area contributed by atoms with E-state index in [9.17, 15) is 14.4 Å². The van der Waals surface area contributed by atoms with Crippen LogP contribution in [-0.4, -0.2) is 73.3 Å². The standard InChI is InChI=1S/C28H30N4O6.ClH/c1-2-15-38-28(36)30-26(29)21-8-10-22(11-9-21)32-18-23(31-13-16-37-17-14-31)25(27(32)35)20-6-3-19(4-7-20)5-12-24(33)34;/h2-4,6-11H,1,5,12-18H2,(H,33,34)(H2,29,30,36);1H. The Morgan fingerprint density at radius 3 is 2.38 bits per heavy atom. The molecule has 0 aliphatic carbocycles. The highest BCUT2D eigenvalue weighted by molar-refractivity contribution is 6.29. The number of rotatable bonds is 9. The second-order valence-corrected chi connectivity index (χ2v) is 8.84. The fourth-order valence-electron chi connectivity index (χ4n) is 4.39. The molecule has 3 N–H and O–H groups in total. The number of carbonyl (C=O) groups excluding carboxylic acids is 2. The summed E-state index contributed by atoms with van der Waals surface area (Å²) in [5, 5.41) is 19.4. The van der Waals surface area contributed by atoms with E-state index in [2.05, 4.69) is 16.8 Å². The number of carboxylic acids is 1. The quantitative estimate of drug-likeness (QED) is 0.246. The summed E-state index contributed by atoms with van der Waals surface area (Å²) in [5.74, 6) is -1.11. The van der Waals surface area contributed by atoms with Gasteiger partial charge in [-0.1, -0.05) is 36.9 Å². The number of hydrogen-bond acceptors (Lipinski definition) is 7. The van der Waals surface area contributed by atoms with E-state index in [0.717, 1.165) is 16.8 Å². The first kappa shape index (κ1) is 29.4. The molecule has 2 heterocycles. The Balaban J connectivity index is 0.00000420. The molecule has 0 atom stereocenters. The van der Waals surface area contributed by atoms with Crippen LogP contribution in [0.2, 0.25) is 0 Å². The van der Waals surface area contributed by atoms with Crippen LogP contribution in [-0.2, 0) is 25.5 Å². The van der Waals surface area contributed by atoms with Crippen molar-refractivity contribution in [1.82, 2.24) is 10.2 Å². The summed E-state index contributed by atoms with van der Waals surface area (Å²) in [6.07, 6.45) is 1.17. The molecule has 1 fully saturated rings. The Hall–Kier alpha value is -4.15. The lowest BCUT2D eigenvalue weighted by molar-refractivity contribution is -0.137. The molecule has 39 heavy (non-hydrogen) atoms. The summed E-state index contributed by atoms with van der Waals surface area (Å²) in [5.41, 5.74) is 4.33. The zero-order valence-electron chi connectivity index (χ0n) is 21.4. The monoisotopic (exact) mass is 554 g/mol. The van der Waals surface area contributed by atoms with Crippen LogP contribution < -0.4 is 10.2 Å². The first-order valence-corrected chi connectivity index (χ1v) is 12.3. The molecule has 206 valence electrons. The second kappa shape index (κ2) is 13.6. The molecular weight excluding hydrogens is 524 g/mol. The van der Waals surface area contributed by atoms with Gasteiger partial charge in [0.15, 0.2) is 0 Å². The molecule has 0 unspecified atom stereocenters. The molecule has 4 rings (SSSR count). The zero-order valence-corrected chi connectivity index (χ0v) is 22.2. The minimum absolute atomic E-state index is 0. The molecule has 2 amide bonds. The smallest absolute Gasteiger partial charge is 0.413 e. The van der Waals surface area contributed by atoms with Crippen LogP contribution >= 0.6 is 12.4 Å². The minimum atomic E-state index is -0.849. The molecule has 0 bridgehead atoms. The lowest BCUT2D eigenvalue weighted by Gasteiger charge is -2.30. The molecule has 0 radical (unpaired) electrons. The van der Waals surface area contributed by atoms with Crippen molar-refractivity contribution in [2.24, 2.45) is 0 Å². The Bertz CT molecular complexity index is 1250. The average molecular weight is 555 g/mol. The molecule has 1 saturated heterocycles. The third kappa shape index (κ3) is 7.24. The number of nitrogens with zero attached hydrogens (tertiary/aromatic N) is 2. The van der Waals surface area contributed by atoms with Crippen LogP contribution in [0.25, 0.3) is 5.57 Å². The number of nitrogens with one attached hydrogen (secondary N) is 2. The second-order valence-electron chi connectivity index (χ2n) is 8.84. The molecule has 0 spiro atoms. The van der Waals surface area contributed by atoms with Crippen molar-refractivity contribution in [3.63, 3.8) is 0 Å². The number of ether oxygens (including phenoxy) is 2. The number of carbonyl (C=O) groups is 3. The molecule has 11 heteroatoms. The number of benzene rings is 2. The maximum Gasteiger partial charge on any atom is 0.413 e. The van der Waals surface area contributed by atoms with Crippen LogP contribution in [0.15, 0.2) is 66.9 Å². The predicted octanol–water partition coefficient (Wildman–Crippen LogP) is 3.45. The first-order chi connectivity index (χ1) is 18.4. The highest BCUT2D eigenvalue weighted by atomic mass is 35.5. The lowest BCUT2D eigenvalue weighted by atomic mass is 10.0. The van der Waals surface area contributed by atoms with E-state index in [1.54, 1.807) is 29.2 Å². The minimum Gasteiger partial charge on any atom is -0.481 e. The van der Waals surface area contributed by atoms with Gasteiger partial charge in [0.1, 0.15) is 12.4 Å². The number of aliphatic carboxylic acids is 1. The number of anilines is 1. The number of morpholine rings is 1. The van der Waals surface area contributed by atoms with E-state index in [4.69, 9.17) is 20.0 Å². The number of amides is 2. The van der Waals surface area contributed by atoms with Gasteiger partial charge in [-0.25, -0.2) is 4.79 Å². The van der Waals surface area contributed by atoms with Crippen molar-refractivity contribution in [3.05, 3.63) is 83.6 Å². The van der Waals surface area contributed by atoms with Crippen molar-refractivity contribution in [2.45, 2.75) is 12.8 Å². The number of alkyl carbamates (subject to hydrolysis) is 1. The molecule has 0 saturated carbocycles. The number of aryl methyl sites for hydroxylation is 1. The number of carboxylic acid groups (broad SMARTS) is 1. The van der Waals surface area contributed by atoms with E-state index in [0.29, 0.717) is 56.1 Å². The van der Waals surface area contributed by atoms with E-state index in [1.165, 1.54) is 6.08 Å². The van der Waals surface area contributed by atoms with Crippen LogP contribution in [0.5, 0.6) is 0 Å². The van der Waals surface area contributed by atoms with Gasteiger partial charge in [-0.3, -0.25) is 20.3 Å². The van der Waals surface area contributed by atoms with Gasteiger partial charge in [0.2, 0.25) is 0 Å². The van der Waals surface area contributed by atoms with Gasteiger partial charge >= 0.3 is 12.1 Å². The molecule has 2 aliphatic rings. The van der Waals surface area contributed by atoms with Crippen LogP contribution in [0.4, 0.5) is 10.5 Å². The third-order valence-corrected chi connectivity index (χ3v) is 6.35. The Kier molecular flexibility index (Phi) is 10.2. The topological polar surface area (TPSA) is 132 Å². The average Bonchev–Trinajstić information content (AvgIpc) is 3.28. The molecule has 2 aromatic rings. The Morgan fingerprint density at radius 1 is 1.10 bits per heavy atom. The number of hydrogen-bond donors (Lipinski definition) is 3. The van der Waals surface area contributed by atoms with Crippen molar-refractivity contribution in [2.75, 3.05) is 44.4 Å². The largest absolute Gasteiger partial charge is 0.481 e. The van der Waals surface area contributed by atoms with Gasteiger partial charge in [0.05, 0.1) is 25.3 Å². The van der Waals surface area contributed by atoms with Gasteiger partial charge in [0, 0.05) is 36.5 Å².